The van der Waals surface area contributed by atoms with E-state index in [0.717, 1.165) is 0 Å². The number of benzene rings is 2. The number of thioether (sulfide) groups is 1. The highest BCUT2D eigenvalue weighted by molar-refractivity contribution is 7.99. The highest BCUT2D eigenvalue weighted by Gasteiger charge is 2.21. The van der Waals surface area contributed by atoms with Gasteiger partial charge in [0.1, 0.15) is 5.75 Å². The van der Waals surface area contributed by atoms with Crippen molar-refractivity contribution in [3.8, 4) is 23.2 Å². The van der Waals surface area contributed by atoms with Crippen LogP contribution in [0.15, 0.2) is 66.3 Å². The van der Waals surface area contributed by atoms with E-state index in [9.17, 15) is 14.9 Å². The molecular formula is C23H22N6O4S. The molecule has 0 fully saturated rings. The number of nitriles is 1. The summed E-state index contributed by atoms with van der Waals surface area (Å²) in [5.74, 6) is 0.888. The second kappa shape index (κ2) is 11.6. The number of hydrogen-bond acceptors (Lipinski definition) is 8. The van der Waals surface area contributed by atoms with Crippen LogP contribution in [0.25, 0.3) is 11.4 Å². The van der Waals surface area contributed by atoms with Crippen molar-refractivity contribution in [2.45, 2.75) is 18.1 Å². The van der Waals surface area contributed by atoms with Crippen LogP contribution in [0.4, 0.5) is 11.4 Å². The van der Waals surface area contributed by atoms with Crippen molar-refractivity contribution in [3.05, 3.63) is 71.3 Å². The van der Waals surface area contributed by atoms with E-state index < -0.39 is 4.92 Å². The first-order valence-corrected chi connectivity index (χ1v) is 11.2. The summed E-state index contributed by atoms with van der Waals surface area (Å²) in [6.07, 6.45) is 1.85. The normalized spacial score (nSPS) is 10.4. The molecule has 0 aliphatic heterocycles. The average molecular weight is 479 g/mol. The highest BCUT2D eigenvalue weighted by Crippen LogP contribution is 2.30. The number of amides is 1. The number of ether oxygens (including phenoxy) is 1. The Hall–Kier alpha value is -4.17. The van der Waals surface area contributed by atoms with E-state index in [1.807, 2.05) is 6.07 Å². The molecule has 0 atom stereocenters. The second-order valence-corrected chi connectivity index (χ2v) is 7.87. The second-order valence-electron chi connectivity index (χ2n) is 6.92. The van der Waals surface area contributed by atoms with Gasteiger partial charge in [-0.3, -0.25) is 19.5 Å². The van der Waals surface area contributed by atoms with Gasteiger partial charge in [-0.1, -0.05) is 30.0 Å². The van der Waals surface area contributed by atoms with Crippen LogP contribution in [0.1, 0.15) is 6.42 Å². The lowest BCUT2D eigenvalue weighted by Gasteiger charge is -2.23. The van der Waals surface area contributed by atoms with Crippen LogP contribution in [-0.4, -0.2) is 45.0 Å². The molecule has 0 saturated carbocycles. The Labute approximate surface area is 200 Å². The number of nitro benzene ring substituents is 1. The van der Waals surface area contributed by atoms with E-state index in [1.165, 1.54) is 35.9 Å². The Morgan fingerprint density at radius 1 is 1.29 bits per heavy atom. The number of anilines is 1. The molecule has 174 valence electrons. The van der Waals surface area contributed by atoms with Gasteiger partial charge in [-0.15, -0.1) is 16.8 Å². The maximum atomic E-state index is 13.1. The van der Waals surface area contributed by atoms with Crippen LogP contribution >= 0.6 is 11.8 Å². The van der Waals surface area contributed by atoms with E-state index in [1.54, 1.807) is 41.0 Å². The number of allylic oxidation sites excluding steroid dienone is 1. The van der Waals surface area contributed by atoms with Crippen molar-refractivity contribution >= 4 is 29.0 Å². The number of nitrogens with zero attached hydrogens (tertiary/aromatic N) is 6. The summed E-state index contributed by atoms with van der Waals surface area (Å²) in [5, 5.41) is 28.9. The molecule has 10 nitrogen and oxygen atoms in total. The minimum absolute atomic E-state index is 0.0208. The van der Waals surface area contributed by atoms with Crippen molar-refractivity contribution in [2.24, 2.45) is 0 Å². The molecule has 34 heavy (non-hydrogen) atoms. The molecule has 0 saturated heterocycles. The number of methoxy groups -OCH3 is 1. The smallest absolute Gasteiger partial charge is 0.269 e. The van der Waals surface area contributed by atoms with Crippen LogP contribution in [0.2, 0.25) is 0 Å². The Kier molecular flexibility index (Phi) is 8.37. The monoisotopic (exact) mass is 478 g/mol. The van der Waals surface area contributed by atoms with Gasteiger partial charge in [0.25, 0.3) is 5.69 Å². The summed E-state index contributed by atoms with van der Waals surface area (Å²) in [6.45, 7) is 4.39. The summed E-state index contributed by atoms with van der Waals surface area (Å²) < 4.78 is 7.17. The third kappa shape index (κ3) is 5.60. The van der Waals surface area contributed by atoms with Crippen LogP contribution in [0, 0.1) is 21.4 Å². The Morgan fingerprint density at radius 2 is 2.03 bits per heavy atom. The number of hydrogen-bond donors (Lipinski definition) is 0. The highest BCUT2D eigenvalue weighted by atomic mass is 32.2. The lowest BCUT2D eigenvalue weighted by molar-refractivity contribution is -0.384. The number of aromatic nitrogens is 3. The van der Waals surface area contributed by atoms with Gasteiger partial charge < -0.3 is 9.64 Å². The molecule has 1 amide bonds. The zero-order valence-electron chi connectivity index (χ0n) is 18.5. The van der Waals surface area contributed by atoms with Gasteiger partial charge in [-0.05, 0) is 24.3 Å². The van der Waals surface area contributed by atoms with Gasteiger partial charge >= 0.3 is 0 Å². The molecule has 0 bridgehead atoms. The molecule has 0 unspecified atom stereocenters. The van der Waals surface area contributed by atoms with Crippen molar-refractivity contribution in [3.63, 3.8) is 0 Å². The molecule has 3 rings (SSSR count). The first-order valence-electron chi connectivity index (χ1n) is 10.2. The predicted octanol–water partition coefficient (Wildman–Crippen LogP) is 4.09. The molecule has 11 heteroatoms. The fourth-order valence-electron chi connectivity index (χ4n) is 3.23. The minimum Gasteiger partial charge on any atom is -0.495 e. The predicted molar refractivity (Wildman–Crippen MR) is 129 cm³/mol. The van der Waals surface area contributed by atoms with Crippen molar-refractivity contribution < 1.29 is 14.5 Å². The van der Waals surface area contributed by atoms with Crippen molar-refractivity contribution in [1.82, 2.24) is 14.8 Å². The Morgan fingerprint density at radius 3 is 2.68 bits per heavy atom. The lowest BCUT2D eigenvalue weighted by Crippen LogP contribution is -2.33. The molecule has 0 aliphatic rings. The van der Waals surface area contributed by atoms with Gasteiger partial charge in [-0.2, -0.15) is 5.26 Å². The molecule has 0 aliphatic carbocycles. The van der Waals surface area contributed by atoms with Gasteiger partial charge in [-0.25, -0.2) is 0 Å². The summed E-state index contributed by atoms with van der Waals surface area (Å²) in [5.41, 5.74) is 1.22. The van der Waals surface area contributed by atoms with Crippen LogP contribution in [0.3, 0.4) is 0 Å². The van der Waals surface area contributed by atoms with E-state index in [0.29, 0.717) is 34.5 Å². The lowest BCUT2D eigenvalue weighted by atomic mass is 10.2. The average Bonchev–Trinajstić information content (AvgIpc) is 3.26. The summed E-state index contributed by atoms with van der Waals surface area (Å²) in [6, 6.07) is 15.2. The third-order valence-electron chi connectivity index (χ3n) is 4.81. The molecule has 1 heterocycles. The summed E-state index contributed by atoms with van der Waals surface area (Å²) in [7, 11) is 1.53. The molecule has 0 spiro atoms. The Balaban J connectivity index is 1.83. The molecular weight excluding hydrogens is 456 g/mol. The zero-order chi connectivity index (χ0) is 24.5. The SMILES string of the molecule is C=CCn1c(SCC(=O)N(CCC#N)c2ccccc2OC)nnc1-c1ccc([N+](=O)[O-])cc1. The first kappa shape index (κ1) is 24.5. The van der Waals surface area contributed by atoms with Crippen molar-refractivity contribution in [2.75, 3.05) is 24.3 Å². The number of carbonyl (C=O) groups excluding carboxylic acids is 1. The van der Waals surface area contributed by atoms with Crippen molar-refractivity contribution in [1.29, 1.82) is 5.26 Å². The number of carbonyl (C=O) groups is 1. The minimum atomic E-state index is -0.467. The van der Waals surface area contributed by atoms with E-state index >= 15 is 0 Å². The maximum absolute atomic E-state index is 13.1. The van der Waals surface area contributed by atoms with Gasteiger partial charge in [0.2, 0.25) is 5.91 Å². The molecule has 1 aromatic heterocycles. The zero-order valence-corrected chi connectivity index (χ0v) is 19.3. The van der Waals surface area contributed by atoms with E-state index in [4.69, 9.17) is 10.00 Å². The quantitative estimate of drug-likeness (QED) is 0.174. The molecule has 2 aromatic carbocycles. The van der Waals surface area contributed by atoms with Gasteiger partial charge in [0.05, 0.1) is 36.0 Å². The summed E-state index contributed by atoms with van der Waals surface area (Å²) >= 11 is 1.21. The van der Waals surface area contributed by atoms with E-state index in [2.05, 4.69) is 22.8 Å². The third-order valence-corrected chi connectivity index (χ3v) is 5.77. The number of para-hydroxylation sites is 2. The van der Waals surface area contributed by atoms with Crippen LogP contribution in [0.5, 0.6) is 5.75 Å². The van der Waals surface area contributed by atoms with Crippen LogP contribution < -0.4 is 9.64 Å². The number of non-ortho nitro benzene ring substituents is 1. The van der Waals surface area contributed by atoms with Gasteiger partial charge in [0, 0.05) is 30.8 Å². The molecule has 0 N–H and O–H groups in total. The Bertz CT molecular complexity index is 1220. The maximum Gasteiger partial charge on any atom is 0.269 e. The first-order chi connectivity index (χ1) is 16.5. The largest absolute Gasteiger partial charge is 0.495 e. The standard InChI is InChI=1S/C23H22N6O4S/c1-3-14-28-22(17-9-11-18(12-10-17)29(31)32)25-26-23(28)34-16-21(30)27(15-6-13-24)19-7-4-5-8-20(19)33-2/h3-5,7-12H,1,6,14-16H2,2H3. The van der Waals surface area contributed by atoms with E-state index in [-0.39, 0.29) is 30.3 Å². The van der Waals surface area contributed by atoms with Gasteiger partial charge in [0.15, 0.2) is 11.0 Å². The fourth-order valence-corrected chi connectivity index (χ4v) is 4.06. The molecule has 3 aromatic rings. The fraction of sp³-hybridized carbons (Fsp3) is 0.217. The summed E-state index contributed by atoms with van der Waals surface area (Å²) in [4.78, 5) is 25.1. The topological polar surface area (TPSA) is 127 Å². The number of nitro groups is 1. The van der Waals surface area contributed by atoms with Crippen LogP contribution in [-0.2, 0) is 11.3 Å². The molecule has 0 radical (unpaired) electrons. The number of rotatable bonds is 11.